The Bertz CT molecular complexity index is 577. The molecule has 0 aliphatic carbocycles. The maximum Gasteiger partial charge on any atom is 0.308 e. The van der Waals surface area contributed by atoms with E-state index in [2.05, 4.69) is 9.73 Å². The fraction of sp³-hybridized carbons (Fsp3) is 0.438. The summed E-state index contributed by atoms with van der Waals surface area (Å²) < 4.78 is 9.48. The molecule has 2 rings (SSSR count). The SMILES string of the molecule is N[C@@H]1COC(=O)C1.[B]C([O-])=N[C@H](CO)CC(=O)OCc1ccccc1. The van der Waals surface area contributed by atoms with Gasteiger partial charge in [0.15, 0.2) is 0 Å². The molecule has 25 heavy (non-hydrogen) atoms. The third-order valence-corrected chi connectivity index (χ3v) is 3.05. The first-order valence-electron chi connectivity index (χ1n) is 7.62. The van der Waals surface area contributed by atoms with Crippen molar-refractivity contribution in [2.24, 2.45) is 10.7 Å². The molecule has 0 amide bonds. The highest BCUT2D eigenvalue weighted by atomic mass is 16.5. The van der Waals surface area contributed by atoms with E-state index in [9.17, 15) is 14.7 Å². The van der Waals surface area contributed by atoms with Crippen LogP contribution in [0.5, 0.6) is 0 Å². The van der Waals surface area contributed by atoms with Crippen LogP contribution < -0.4 is 10.8 Å². The van der Waals surface area contributed by atoms with Gasteiger partial charge < -0.3 is 30.4 Å². The molecule has 1 saturated heterocycles. The van der Waals surface area contributed by atoms with Gasteiger partial charge in [-0.3, -0.25) is 9.59 Å². The normalized spacial score (nSPS) is 17.9. The van der Waals surface area contributed by atoms with Crippen LogP contribution in [0.25, 0.3) is 0 Å². The molecule has 0 unspecified atom stereocenters. The molecule has 1 aromatic rings. The van der Waals surface area contributed by atoms with Crippen molar-refractivity contribution < 1.29 is 29.3 Å². The number of cyclic esters (lactones) is 1. The topological polar surface area (TPSA) is 134 Å². The summed E-state index contributed by atoms with van der Waals surface area (Å²) in [6, 6.07) is 8.29. The quantitative estimate of drug-likeness (QED) is 0.280. The Morgan fingerprint density at radius 1 is 1.48 bits per heavy atom. The van der Waals surface area contributed by atoms with E-state index in [1.165, 1.54) is 0 Å². The lowest BCUT2D eigenvalue weighted by molar-refractivity contribution is -0.208. The van der Waals surface area contributed by atoms with Crippen LogP contribution in [0.15, 0.2) is 35.3 Å². The van der Waals surface area contributed by atoms with Gasteiger partial charge in [-0.25, -0.2) is 0 Å². The van der Waals surface area contributed by atoms with Crippen LogP contribution in [-0.4, -0.2) is 56.0 Å². The molecule has 8 nitrogen and oxygen atoms in total. The highest BCUT2D eigenvalue weighted by molar-refractivity contribution is 6.55. The number of nitrogens with zero attached hydrogens (tertiary/aromatic N) is 1. The van der Waals surface area contributed by atoms with E-state index in [0.717, 1.165) is 5.56 Å². The fourth-order valence-corrected chi connectivity index (χ4v) is 1.85. The van der Waals surface area contributed by atoms with Gasteiger partial charge in [0.1, 0.15) is 21.1 Å². The van der Waals surface area contributed by atoms with Gasteiger partial charge in [0.2, 0.25) is 0 Å². The Kier molecular flexibility index (Phi) is 9.27. The van der Waals surface area contributed by atoms with Crippen molar-refractivity contribution in [1.29, 1.82) is 0 Å². The number of hydrogen-bond acceptors (Lipinski definition) is 8. The second kappa shape index (κ2) is 11.2. The molecule has 1 aromatic carbocycles. The number of esters is 2. The Balaban J connectivity index is 0.000000370. The molecule has 1 fully saturated rings. The number of hydrogen-bond donors (Lipinski definition) is 2. The molecule has 1 heterocycles. The van der Waals surface area contributed by atoms with Crippen LogP contribution in [-0.2, 0) is 25.7 Å². The van der Waals surface area contributed by atoms with Crippen molar-refractivity contribution in [3.8, 4) is 0 Å². The molecule has 0 bridgehead atoms. The van der Waals surface area contributed by atoms with E-state index in [1.807, 2.05) is 30.3 Å². The minimum Gasteiger partial charge on any atom is -0.870 e. The minimum atomic E-state index is -0.912. The highest BCUT2D eigenvalue weighted by Gasteiger charge is 2.18. The summed E-state index contributed by atoms with van der Waals surface area (Å²) in [6.07, 6.45) is 0.215. The lowest BCUT2D eigenvalue weighted by atomic mass is 10.1. The van der Waals surface area contributed by atoms with Crippen LogP contribution in [0.1, 0.15) is 18.4 Å². The van der Waals surface area contributed by atoms with E-state index in [-0.39, 0.29) is 25.0 Å². The summed E-state index contributed by atoms with van der Waals surface area (Å²) >= 11 is 0. The van der Waals surface area contributed by atoms with Crippen LogP contribution >= 0.6 is 0 Å². The van der Waals surface area contributed by atoms with Crippen molar-refractivity contribution >= 4 is 25.6 Å². The largest absolute Gasteiger partial charge is 0.870 e. The standard InChI is InChI=1S/C12H14BNO4.C4H7NO2/c13-12(17)14-10(7-15)6-11(16)18-8-9-4-2-1-3-5-9;5-3-1-4(6)7-2-3/h1-5,10,15H,6-8H2,(H,14,17);3H,1-2,5H2/p-1/t10-;3-/m00/s1. The number of aliphatic hydroxyl groups is 1. The zero-order valence-electron chi connectivity index (χ0n) is 13.7. The molecule has 2 atom stereocenters. The van der Waals surface area contributed by atoms with Crippen LogP contribution in [0.2, 0.25) is 0 Å². The van der Waals surface area contributed by atoms with Crippen molar-refractivity contribution in [2.75, 3.05) is 13.2 Å². The number of ether oxygens (including phenoxy) is 2. The third kappa shape index (κ3) is 9.48. The summed E-state index contributed by atoms with van der Waals surface area (Å²) in [5, 5.41) is 19.4. The number of benzene rings is 1. The highest BCUT2D eigenvalue weighted by Crippen LogP contribution is 2.04. The predicted molar refractivity (Wildman–Crippen MR) is 88.5 cm³/mol. The molecule has 0 aromatic heterocycles. The zero-order valence-corrected chi connectivity index (χ0v) is 13.7. The predicted octanol–water partition coefficient (Wildman–Crippen LogP) is -1.37. The fourth-order valence-electron chi connectivity index (χ4n) is 1.85. The number of rotatable bonds is 6. The van der Waals surface area contributed by atoms with E-state index in [0.29, 0.717) is 13.0 Å². The van der Waals surface area contributed by atoms with Crippen LogP contribution in [0, 0.1) is 0 Å². The Hall–Kier alpha value is -2.39. The molecule has 2 radical (unpaired) electrons. The molecule has 1 aliphatic heterocycles. The van der Waals surface area contributed by atoms with Gasteiger partial charge >= 0.3 is 11.9 Å². The van der Waals surface area contributed by atoms with Gasteiger partial charge in [0.25, 0.3) is 0 Å². The summed E-state index contributed by atoms with van der Waals surface area (Å²) in [5.41, 5.74) is 6.14. The third-order valence-electron chi connectivity index (χ3n) is 3.05. The smallest absolute Gasteiger partial charge is 0.308 e. The second-order valence-electron chi connectivity index (χ2n) is 5.30. The van der Waals surface area contributed by atoms with Gasteiger partial charge in [-0.1, -0.05) is 36.1 Å². The average molecular weight is 347 g/mol. The molecule has 0 spiro atoms. The Morgan fingerprint density at radius 2 is 2.16 bits per heavy atom. The first-order chi connectivity index (χ1) is 11.9. The lowest BCUT2D eigenvalue weighted by Gasteiger charge is -2.13. The summed E-state index contributed by atoms with van der Waals surface area (Å²) in [4.78, 5) is 25.0. The summed E-state index contributed by atoms with van der Waals surface area (Å²) in [7, 11) is 4.84. The van der Waals surface area contributed by atoms with Gasteiger partial charge in [0.05, 0.1) is 25.5 Å². The van der Waals surface area contributed by atoms with Gasteiger partial charge in [-0.15, -0.1) is 0 Å². The van der Waals surface area contributed by atoms with E-state index >= 15 is 0 Å². The van der Waals surface area contributed by atoms with E-state index < -0.39 is 24.4 Å². The van der Waals surface area contributed by atoms with Crippen molar-refractivity contribution in [1.82, 2.24) is 0 Å². The van der Waals surface area contributed by atoms with Gasteiger partial charge in [0, 0.05) is 6.04 Å². The van der Waals surface area contributed by atoms with Crippen molar-refractivity contribution in [3.63, 3.8) is 0 Å². The maximum absolute atomic E-state index is 11.4. The monoisotopic (exact) mass is 347 g/mol. The molecule has 1 aliphatic rings. The number of carbonyl (C=O) groups is 2. The van der Waals surface area contributed by atoms with Crippen LogP contribution in [0.3, 0.4) is 0 Å². The second-order valence-corrected chi connectivity index (χ2v) is 5.30. The van der Waals surface area contributed by atoms with Crippen molar-refractivity contribution in [3.05, 3.63) is 35.9 Å². The summed E-state index contributed by atoms with van der Waals surface area (Å²) in [6.45, 7) is 0.122. The summed E-state index contributed by atoms with van der Waals surface area (Å²) in [5.74, 6) is -1.62. The van der Waals surface area contributed by atoms with Crippen LogP contribution in [0.4, 0.5) is 0 Å². The number of aliphatic hydroxyl groups excluding tert-OH is 1. The lowest BCUT2D eigenvalue weighted by Crippen LogP contribution is -2.25. The maximum atomic E-state index is 11.4. The van der Waals surface area contributed by atoms with E-state index in [1.54, 1.807) is 0 Å². The van der Waals surface area contributed by atoms with Crippen molar-refractivity contribution in [2.45, 2.75) is 31.5 Å². The van der Waals surface area contributed by atoms with Gasteiger partial charge in [-0.2, -0.15) is 0 Å². The molecule has 3 N–H and O–H groups in total. The molecule has 134 valence electrons. The number of carbonyl (C=O) groups excluding carboxylic acids is 2. The zero-order chi connectivity index (χ0) is 18.7. The average Bonchev–Trinajstić information content (AvgIpc) is 2.96. The molecular formula is C16H20BN2O6-. The minimum absolute atomic E-state index is 0.0486. The first kappa shape index (κ1) is 20.7. The van der Waals surface area contributed by atoms with Gasteiger partial charge in [-0.05, 0) is 5.56 Å². The first-order valence-corrected chi connectivity index (χ1v) is 7.62. The Labute approximate surface area is 147 Å². The molecule has 9 heteroatoms. The number of aliphatic imine (C=N–C) groups is 1. The molecule has 0 saturated carbocycles. The number of nitrogens with two attached hydrogens (primary N) is 1. The molecular weight excluding hydrogens is 327 g/mol. The Morgan fingerprint density at radius 3 is 2.60 bits per heavy atom. The van der Waals surface area contributed by atoms with E-state index in [4.69, 9.17) is 23.4 Å².